The lowest BCUT2D eigenvalue weighted by Gasteiger charge is -2.61. The minimum Gasteiger partial charge on any atom is -0.459 e. The van der Waals surface area contributed by atoms with Crippen LogP contribution in [0.15, 0.2) is 152 Å². The van der Waals surface area contributed by atoms with Gasteiger partial charge in [0.05, 0.1) is 64.9 Å². The van der Waals surface area contributed by atoms with Crippen LogP contribution in [-0.4, -0.2) is 147 Å². The van der Waals surface area contributed by atoms with Gasteiger partial charge < -0.3 is 61.6 Å². The van der Waals surface area contributed by atoms with Gasteiger partial charge in [0, 0.05) is 48.3 Å². The Labute approximate surface area is 673 Å². The van der Waals surface area contributed by atoms with Gasteiger partial charge in [-0.2, -0.15) is 0 Å². The van der Waals surface area contributed by atoms with Gasteiger partial charge in [-0.1, -0.05) is 174 Å². The predicted octanol–water partition coefficient (Wildman–Crippen LogP) is 16.9. The van der Waals surface area contributed by atoms with Crippen LogP contribution in [0, 0.1) is 87.8 Å². The van der Waals surface area contributed by atoms with Crippen LogP contribution in [0.3, 0.4) is 0 Å². The number of benzene rings is 5. The van der Waals surface area contributed by atoms with Crippen molar-refractivity contribution in [2.45, 2.75) is 259 Å². The van der Waals surface area contributed by atoms with Crippen molar-refractivity contribution in [1.29, 1.82) is 0 Å². The normalized spacial score (nSPS) is 37.1. The van der Waals surface area contributed by atoms with Crippen LogP contribution in [0.4, 0.5) is 0 Å². The van der Waals surface area contributed by atoms with Gasteiger partial charge in [0.1, 0.15) is 42.6 Å². The molecule has 20 nitrogen and oxygen atoms in total. The first kappa shape index (κ1) is 84.4. The maximum absolute atomic E-state index is 14.8. The third-order valence-corrected chi connectivity index (χ3v) is 28.3. The lowest BCUT2D eigenvalue weighted by Crippen LogP contribution is -2.63. The molecule has 30 atom stereocenters. The summed E-state index contributed by atoms with van der Waals surface area (Å²) in [4.78, 5) is 99.5. The topological polar surface area (TPSA) is 239 Å². The monoisotopic (exact) mass is 1570 g/mol. The van der Waals surface area contributed by atoms with Crippen LogP contribution < -0.4 is 0 Å². The molecule has 616 valence electrons. The van der Waals surface area contributed by atoms with Crippen molar-refractivity contribution in [3.63, 3.8) is 0 Å². The molecule has 4 saturated carbocycles. The highest BCUT2D eigenvalue weighted by Gasteiger charge is 2.65. The van der Waals surface area contributed by atoms with Gasteiger partial charge in [-0.15, -0.1) is 0 Å². The molecule has 4 heterocycles. The maximum atomic E-state index is 14.8. The van der Waals surface area contributed by atoms with Crippen molar-refractivity contribution in [3.05, 3.63) is 179 Å². The molecule has 5 aromatic rings. The lowest BCUT2D eigenvalue weighted by atomic mass is 9.44. The van der Waals surface area contributed by atoms with Crippen molar-refractivity contribution in [2.24, 2.45) is 87.8 Å². The average molecular weight is 1570 g/mol. The second-order valence-electron chi connectivity index (χ2n) is 35.0. The van der Waals surface area contributed by atoms with Gasteiger partial charge in [0.25, 0.3) is 0 Å². The number of hydrogen-bond acceptors (Lipinski definition) is 20. The van der Waals surface area contributed by atoms with Crippen molar-refractivity contribution >= 4 is 41.4 Å². The van der Waals surface area contributed by atoms with Crippen LogP contribution in [0.1, 0.15) is 219 Å². The summed E-state index contributed by atoms with van der Waals surface area (Å²) < 4.78 is 87.8. The molecule has 13 rings (SSSR count). The summed E-state index contributed by atoms with van der Waals surface area (Å²) in [6.07, 6.45) is -3.92. The first-order valence-corrected chi connectivity index (χ1v) is 42.3. The molecule has 8 aliphatic rings. The van der Waals surface area contributed by atoms with Gasteiger partial charge in [-0.25, -0.2) is 24.0 Å². The molecule has 0 spiro atoms. The van der Waals surface area contributed by atoms with E-state index in [4.69, 9.17) is 61.6 Å². The number of ketones is 2. The van der Waals surface area contributed by atoms with Crippen LogP contribution in [0.5, 0.6) is 0 Å². The summed E-state index contributed by atoms with van der Waals surface area (Å²) in [7, 11) is 0. The zero-order valence-electron chi connectivity index (χ0n) is 68.7. The van der Waals surface area contributed by atoms with E-state index in [1.165, 1.54) is 0 Å². The second kappa shape index (κ2) is 37.0. The molecular formula is C94H120O20. The molecule has 0 bridgehead atoms. The zero-order chi connectivity index (χ0) is 80.9. The fourth-order valence-electron chi connectivity index (χ4n) is 20.9. The lowest BCUT2D eigenvalue weighted by molar-refractivity contribution is -0.374. The van der Waals surface area contributed by atoms with Crippen LogP contribution >= 0.6 is 0 Å². The first-order chi connectivity index (χ1) is 54.8. The Bertz CT molecular complexity index is 4050. The Morgan fingerprint density at radius 3 is 1.46 bits per heavy atom. The largest absolute Gasteiger partial charge is 0.459 e. The molecule has 5 aromatic carbocycles. The number of carbonyl (C=O) groups excluding carboxylic acids is 7. The van der Waals surface area contributed by atoms with E-state index in [0.717, 1.165) is 51.4 Å². The summed E-state index contributed by atoms with van der Waals surface area (Å²) in [5.41, 5.74) is 1.23. The number of hydrogen-bond donors (Lipinski definition) is 0. The maximum Gasteiger partial charge on any atom is 0.338 e. The SMILES string of the molecule is CCC1O[C@@H](OC2[C@H](OC3CCC4(C)C(CCC5C4CCC4(C)C5CC(=O)C4[C@H](C)C(=O)CC[C@H](C)CO[C@@H]4OC(CC)[C@H](C)[C@H](OC(=O)c5ccccc5)C4OC(=O)c4ccccc4)C3)OC(COC(=O)c3ccccc3)[C@H](O[C@@H]3OC(C)[C@H](C)[C@H](OC(=O)c4ccccc4)C3OC(=O)c3ccccc3)[C@@H]2C)C(C)[C@@H](C)[C@@H]1C. The first-order valence-electron chi connectivity index (χ1n) is 42.3. The molecular weight excluding hydrogens is 1450 g/mol. The second-order valence-corrected chi connectivity index (χ2v) is 35.0. The van der Waals surface area contributed by atoms with E-state index >= 15 is 0 Å². The highest BCUT2D eigenvalue weighted by atomic mass is 16.8. The fraction of sp³-hybridized carbons (Fsp3) is 0.606. The third kappa shape index (κ3) is 18.1. The Morgan fingerprint density at radius 1 is 0.447 bits per heavy atom. The Kier molecular flexibility index (Phi) is 27.4. The summed E-state index contributed by atoms with van der Waals surface area (Å²) in [6, 6.07) is 43.3. The Morgan fingerprint density at radius 2 is 0.912 bits per heavy atom. The highest BCUT2D eigenvalue weighted by Crippen LogP contribution is 2.68. The number of esters is 5. The standard InChI is InChI=1S/C94H120O20/c1-14-74-55(5)54(4)56(6)89(106-74)114-81-60(10)78(113-92-83(112-88(101)66-39-29-20-30-40-66)79(57(7)61(11)104-92)109-85(98)63-33-23-17-24-34-63)76(52-102-84(97)62-31-21-16-22-32-62)108-91(81)105-68-45-47-93(12)67(49-68)42-43-69-70(93)46-48-94(13)71(69)50-73(96)77(94)58(8)72(95)44-41-53(3)51-103-90-82(111-87(100)65-37-27-19-28-38-65)80(59(9)75(15-2)107-90)110-86(99)64-35-25-18-26-36-64/h16-40,53-61,67-71,74-83,89-92H,14-15,41-52H2,1-13H3/t53-,54-,55-,56?,57-,58+,59-,60-,61?,67?,68?,69?,70?,71?,74?,75?,76?,77?,78+,79-,80-,81?,82?,83?,89-,90+,91+,92-,93?,94?/m0/s1. The van der Waals surface area contributed by atoms with Crippen molar-refractivity contribution in [2.75, 3.05) is 13.2 Å². The number of rotatable bonds is 27. The quantitative estimate of drug-likeness (QED) is 0.0270. The summed E-state index contributed by atoms with van der Waals surface area (Å²) in [6.45, 7) is 27.1. The molecule has 0 aromatic heterocycles. The fourth-order valence-corrected chi connectivity index (χ4v) is 20.9. The third-order valence-electron chi connectivity index (χ3n) is 28.3. The molecule has 20 heteroatoms. The summed E-state index contributed by atoms with van der Waals surface area (Å²) in [5.74, 6) is -3.66. The van der Waals surface area contributed by atoms with Crippen LogP contribution in [-0.2, 0) is 71.2 Å². The minimum absolute atomic E-state index is 0.0429. The molecule has 16 unspecified atom stereocenters. The van der Waals surface area contributed by atoms with Gasteiger partial charge >= 0.3 is 29.8 Å². The molecule has 8 fully saturated rings. The number of fused-ring (bicyclic) bond motifs is 5. The Hall–Kier alpha value is -7.53. The van der Waals surface area contributed by atoms with Crippen molar-refractivity contribution < 1.29 is 95.1 Å². The van der Waals surface area contributed by atoms with Gasteiger partial charge in [0.15, 0.2) is 37.4 Å². The zero-order valence-corrected chi connectivity index (χ0v) is 68.7. The van der Waals surface area contributed by atoms with E-state index in [2.05, 4.69) is 41.5 Å². The molecule has 114 heavy (non-hydrogen) atoms. The molecule has 0 N–H and O–H groups in total. The van der Waals surface area contributed by atoms with E-state index in [0.29, 0.717) is 53.4 Å². The van der Waals surface area contributed by atoms with E-state index < -0.39 is 128 Å². The molecule has 0 amide bonds. The van der Waals surface area contributed by atoms with Gasteiger partial charge in [-0.05, 0) is 184 Å². The van der Waals surface area contributed by atoms with E-state index in [-0.39, 0.29) is 107 Å². The number of ether oxygens (including phenoxy) is 13. The van der Waals surface area contributed by atoms with Gasteiger partial charge in [-0.3, -0.25) is 9.59 Å². The van der Waals surface area contributed by atoms with E-state index in [1.807, 2.05) is 72.7 Å². The summed E-state index contributed by atoms with van der Waals surface area (Å²) in [5, 5.41) is 0. The van der Waals surface area contributed by atoms with Crippen molar-refractivity contribution in [3.8, 4) is 0 Å². The summed E-state index contributed by atoms with van der Waals surface area (Å²) >= 11 is 0. The highest BCUT2D eigenvalue weighted by molar-refractivity contribution is 5.93. The van der Waals surface area contributed by atoms with E-state index in [9.17, 15) is 33.6 Å². The molecule has 4 aliphatic carbocycles. The van der Waals surface area contributed by atoms with Crippen molar-refractivity contribution in [1.82, 2.24) is 0 Å². The molecule has 4 aliphatic heterocycles. The van der Waals surface area contributed by atoms with Crippen LogP contribution in [0.2, 0.25) is 0 Å². The van der Waals surface area contributed by atoms with E-state index in [1.54, 1.807) is 127 Å². The smallest absolute Gasteiger partial charge is 0.338 e. The molecule has 0 radical (unpaired) electrons. The number of Topliss-reactive ketones (excluding diaryl/α,β-unsaturated/α-hetero) is 2. The predicted molar refractivity (Wildman–Crippen MR) is 424 cm³/mol. The molecule has 4 saturated heterocycles. The minimum atomic E-state index is -1.35. The average Bonchev–Trinajstić information content (AvgIpc) is 1.49. The van der Waals surface area contributed by atoms with Gasteiger partial charge in [0.2, 0.25) is 0 Å². The number of carbonyl (C=O) groups is 7. The Balaban J connectivity index is 0.698. The van der Waals surface area contributed by atoms with Crippen LogP contribution in [0.25, 0.3) is 0 Å².